The molecule has 29 heavy (non-hydrogen) atoms. The zero-order chi connectivity index (χ0) is 20.5. The third-order valence-corrected chi connectivity index (χ3v) is 4.62. The summed E-state index contributed by atoms with van der Waals surface area (Å²) in [4.78, 5) is 0. The van der Waals surface area contributed by atoms with Crippen molar-refractivity contribution in [2.24, 2.45) is 0 Å². The predicted molar refractivity (Wildman–Crippen MR) is 108 cm³/mol. The van der Waals surface area contributed by atoms with E-state index in [2.05, 4.69) is 0 Å². The van der Waals surface area contributed by atoms with Crippen molar-refractivity contribution < 1.29 is 14.2 Å². The van der Waals surface area contributed by atoms with E-state index in [1.807, 2.05) is 79.7 Å². The van der Waals surface area contributed by atoms with E-state index in [1.54, 1.807) is 6.26 Å². The van der Waals surface area contributed by atoms with Crippen LogP contribution < -0.4 is 0 Å². The summed E-state index contributed by atoms with van der Waals surface area (Å²) in [6.07, 6.45) is 1.94. The highest BCUT2D eigenvalue weighted by molar-refractivity contribution is 5.43. The summed E-state index contributed by atoms with van der Waals surface area (Å²) < 4.78 is 18.1. The van der Waals surface area contributed by atoms with E-state index in [1.165, 1.54) is 6.08 Å². The molecule has 1 aliphatic heterocycles. The molecule has 5 nitrogen and oxygen atoms in total. The van der Waals surface area contributed by atoms with E-state index in [0.717, 1.165) is 11.1 Å². The maximum absolute atomic E-state index is 9.14. The Morgan fingerprint density at radius 1 is 0.931 bits per heavy atom. The average Bonchev–Trinajstić information content (AvgIpc) is 2.77. The van der Waals surface area contributed by atoms with Crippen LogP contribution in [0.15, 0.2) is 84.1 Å². The minimum Gasteiger partial charge on any atom is -0.495 e. The standard InChI is InChI=1S/C24H22N2O3/c1-18-23(28-15-19-8-4-2-5-9-19)24(29-16-20-10-6-3-7-11-20)22(17-27-18)12-21(13-25)14-26/h2-12,17-18,23-24H,15-16H2,1H3/t18-,23-,24-/m0/s1. The number of nitrogens with zero attached hydrogens (tertiary/aromatic N) is 2. The Labute approximate surface area is 171 Å². The van der Waals surface area contributed by atoms with Crippen molar-refractivity contribution in [2.45, 2.75) is 38.4 Å². The Morgan fingerprint density at radius 2 is 1.48 bits per heavy atom. The molecule has 3 rings (SSSR count). The van der Waals surface area contributed by atoms with Gasteiger partial charge < -0.3 is 14.2 Å². The first-order valence-electron chi connectivity index (χ1n) is 9.39. The molecule has 0 fully saturated rings. The van der Waals surface area contributed by atoms with Gasteiger partial charge in [0.2, 0.25) is 0 Å². The fraction of sp³-hybridized carbons (Fsp3) is 0.250. The van der Waals surface area contributed by atoms with Crippen LogP contribution in [-0.4, -0.2) is 18.3 Å². The van der Waals surface area contributed by atoms with E-state index in [-0.39, 0.29) is 11.7 Å². The van der Waals surface area contributed by atoms with Crippen molar-refractivity contribution in [1.82, 2.24) is 0 Å². The number of benzene rings is 2. The van der Waals surface area contributed by atoms with Gasteiger partial charge in [-0.05, 0) is 24.1 Å². The fourth-order valence-corrected chi connectivity index (χ4v) is 3.08. The highest BCUT2D eigenvalue weighted by Crippen LogP contribution is 2.28. The highest BCUT2D eigenvalue weighted by atomic mass is 16.6. The van der Waals surface area contributed by atoms with Gasteiger partial charge in [-0.1, -0.05) is 60.7 Å². The molecule has 5 heteroatoms. The molecule has 3 atom stereocenters. The molecule has 1 aliphatic rings. The van der Waals surface area contributed by atoms with Crippen molar-refractivity contribution >= 4 is 0 Å². The summed E-state index contributed by atoms with van der Waals surface area (Å²) in [7, 11) is 0. The van der Waals surface area contributed by atoms with Crippen LogP contribution in [0.4, 0.5) is 0 Å². The molecular weight excluding hydrogens is 364 g/mol. The van der Waals surface area contributed by atoms with Crippen LogP contribution in [0.1, 0.15) is 18.1 Å². The predicted octanol–water partition coefficient (Wildman–Crippen LogP) is 4.43. The first-order valence-corrected chi connectivity index (χ1v) is 9.39. The topological polar surface area (TPSA) is 75.3 Å². The quantitative estimate of drug-likeness (QED) is 0.658. The van der Waals surface area contributed by atoms with Crippen molar-refractivity contribution in [1.29, 1.82) is 10.5 Å². The number of hydrogen-bond acceptors (Lipinski definition) is 5. The largest absolute Gasteiger partial charge is 0.495 e. The Hall–Kier alpha value is -3.38. The van der Waals surface area contributed by atoms with Crippen molar-refractivity contribution in [3.63, 3.8) is 0 Å². The first-order chi connectivity index (χ1) is 14.2. The number of hydrogen-bond donors (Lipinski definition) is 0. The molecule has 0 spiro atoms. The van der Waals surface area contributed by atoms with Crippen LogP contribution in [0.5, 0.6) is 0 Å². The Kier molecular flexibility index (Phi) is 7.19. The second kappa shape index (κ2) is 10.2. The summed E-state index contributed by atoms with van der Waals surface area (Å²) in [5, 5.41) is 18.3. The smallest absolute Gasteiger partial charge is 0.130 e. The summed E-state index contributed by atoms with van der Waals surface area (Å²) in [5.74, 6) is 0. The highest BCUT2D eigenvalue weighted by Gasteiger charge is 2.35. The number of rotatable bonds is 7. The Morgan fingerprint density at radius 3 is 2.03 bits per heavy atom. The van der Waals surface area contributed by atoms with Crippen molar-refractivity contribution in [3.05, 3.63) is 95.3 Å². The van der Waals surface area contributed by atoms with E-state index < -0.39 is 12.2 Å². The van der Waals surface area contributed by atoms with E-state index in [0.29, 0.717) is 18.8 Å². The summed E-state index contributed by atoms with van der Waals surface area (Å²) in [6.45, 7) is 2.70. The lowest BCUT2D eigenvalue weighted by Crippen LogP contribution is -2.44. The summed E-state index contributed by atoms with van der Waals surface area (Å²) in [6, 6.07) is 23.5. The maximum Gasteiger partial charge on any atom is 0.130 e. The molecule has 0 amide bonds. The van der Waals surface area contributed by atoms with Crippen molar-refractivity contribution in [2.75, 3.05) is 0 Å². The van der Waals surface area contributed by atoms with Gasteiger partial charge >= 0.3 is 0 Å². The summed E-state index contributed by atoms with van der Waals surface area (Å²) >= 11 is 0. The molecular formula is C24H22N2O3. The zero-order valence-corrected chi connectivity index (χ0v) is 16.2. The van der Waals surface area contributed by atoms with E-state index in [9.17, 15) is 0 Å². The van der Waals surface area contributed by atoms with Gasteiger partial charge in [0.25, 0.3) is 0 Å². The van der Waals surface area contributed by atoms with Gasteiger partial charge in [-0.15, -0.1) is 0 Å². The van der Waals surface area contributed by atoms with Crippen LogP contribution in [0.2, 0.25) is 0 Å². The Balaban J connectivity index is 1.82. The molecule has 0 unspecified atom stereocenters. The molecule has 146 valence electrons. The third kappa shape index (κ3) is 5.56. The van der Waals surface area contributed by atoms with Crippen molar-refractivity contribution in [3.8, 4) is 12.1 Å². The second-order valence-electron chi connectivity index (χ2n) is 6.72. The van der Waals surface area contributed by atoms with Gasteiger partial charge in [-0.3, -0.25) is 0 Å². The maximum atomic E-state index is 9.14. The normalized spacial score (nSPS) is 20.5. The van der Waals surface area contributed by atoms with Gasteiger partial charge in [0.15, 0.2) is 0 Å². The van der Waals surface area contributed by atoms with E-state index in [4.69, 9.17) is 24.7 Å². The number of allylic oxidation sites excluding steroid dienone is 1. The molecule has 0 bridgehead atoms. The fourth-order valence-electron chi connectivity index (χ4n) is 3.08. The van der Waals surface area contributed by atoms with Gasteiger partial charge in [0, 0.05) is 5.57 Å². The lowest BCUT2D eigenvalue weighted by Gasteiger charge is -2.35. The SMILES string of the molecule is C[C@@H]1OC=C(C=C(C#N)C#N)[C@H](OCc2ccccc2)[C@H]1OCc1ccccc1. The lowest BCUT2D eigenvalue weighted by atomic mass is 9.97. The van der Waals surface area contributed by atoms with Crippen LogP contribution >= 0.6 is 0 Å². The van der Waals surface area contributed by atoms with Gasteiger partial charge in [0.05, 0.1) is 19.5 Å². The van der Waals surface area contributed by atoms with Gasteiger partial charge in [-0.25, -0.2) is 0 Å². The average molecular weight is 386 g/mol. The number of nitriles is 2. The second-order valence-corrected chi connectivity index (χ2v) is 6.72. The van der Waals surface area contributed by atoms with Crippen LogP contribution in [0.25, 0.3) is 0 Å². The molecule has 2 aromatic carbocycles. The third-order valence-electron chi connectivity index (χ3n) is 4.62. The van der Waals surface area contributed by atoms with Gasteiger partial charge in [-0.2, -0.15) is 10.5 Å². The van der Waals surface area contributed by atoms with Crippen LogP contribution in [0, 0.1) is 22.7 Å². The molecule has 0 N–H and O–H groups in total. The molecule has 0 radical (unpaired) electrons. The molecule has 1 heterocycles. The Bertz CT molecular complexity index is 924. The lowest BCUT2D eigenvalue weighted by molar-refractivity contribution is -0.128. The zero-order valence-electron chi connectivity index (χ0n) is 16.2. The molecule has 0 saturated carbocycles. The van der Waals surface area contributed by atoms with Crippen LogP contribution in [-0.2, 0) is 27.4 Å². The first kappa shape index (κ1) is 20.4. The summed E-state index contributed by atoms with van der Waals surface area (Å²) in [5.41, 5.74) is 2.67. The van der Waals surface area contributed by atoms with Gasteiger partial charge in [0.1, 0.15) is 36.0 Å². The van der Waals surface area contributed by atoms with E-state index >= 15 is 0 Å². The molecule has 0 aromatic heterocycles. The minimum absolute atomic E-state index is 0.00970. The molecule has 2 aromatic rings. The number of ether oxygens (including phenoxy) is 3. The molecule has 0 saturated heterocycles. The monoisotopic (exact) mass is 386 g/mol. The van der Waals surface area contributed by atoms with Crippen LogP contribution in [0.3, 0.4) is 0 Å². The minimum atomic E-state index is -0.473. The molecule has 0 aliphatic carbocycles.